The molecule has 0 radical (unpaired) electrons. The Labute approximate surface area is 106 Å². The molecule has 2 unspecified atom stereocenters. The molecule has 1 amide bonds. The van der Waals surface area contributed by atoms with Crippen molar-refractivity contribution in [1.82, 2.24) is 4.90 Å². The number of alkyl halides is 1. The van der Waals surface area contributed by atoms with E-state index in [1.165, 1.54) is 0 Å². The van der Waals surface area contributed by atoms with Crippen molar-refractivity contribution < 1.29 is 9.90 Å². The molecule has 0 aromatic carbocycles. The number of halogens is 1. The summed E-state index contributed by atoms with van der Waals surface area (Å²) in [5.74, 6) is 0.666. The van der Waals surface area contributed by atoms with Crippen molar-refractivity contribution in [3.8, 4) is 0 Å². The predicted molar refractivity (Wildman–Crippen MR) is 69.1 cm³/mol. The summed E-state index contributed by atoms with van der Waals surface area (Å²) >= 11 is 3.47. The molecule has 0 aromatic rings. The average Bonchev–Trinajstić information content (AvgIpc) is 2.16. The summed E-state index contributed by atoms with van der Waals surface area (Å²) in [6.07, 6.45) is 2.39. The van der Waals surface area contributed by atoms with E-state index in [1.807, 2.05) is 0 Å². The van der Waals surface area contributed by atoms with Crippen molar-refractivity contribution in [1.29, 1.82) is 0 Å². The molecule has 4 heteroatoms. The molecular formula is C12H22BrNO2. The number of nitrogens with zero attached hydrogens (tertiary/aromatic N) is 1. The summed E-state index contributed by atoms with van der Waals surface area (Å²) in [5.41, 5.74) is 0.0311. The van der Waals surface area contributed by atoms with Crippen molar-refractivity contribution in [2.45, 2.75) is 46.1 Å². The molecule has 0 saturated carbocycles. The molecule has 16 heavy (non-hydrogen) atoms. The van der Waals surface area contributed by atoms with Crippen molar-refractivity contribution >= 4 is 22.0 Å². The number of amides is 1. The minimum Gasteiger partial charge on any atom is -0.465 e. The maximum atomic E-state index is 11.2. The van der Waals surface area contributed by atoms with Gasteiger partial charge in [-0.2, -0.15) is 0 Å². The second-order valence-electron chi connectivity index (χ2n) is 5.73. The Morgan fingerprint density at radius 1 is 1.50 bits per heavy atom. The van der Waals surface area contributed by atoms with Gasteiger partial charge in [-0.3, -0.25) is 0 Å². The van der Waals surface area contributed by atoms with E-state index in [1.54, 1.807) is 4.90 Å². The van der Waals surface area contributed by atoms with Crippen LogP contribution in [0.25, 0.3) is 0 Å². The van der Waals surface area contributed by atoms with Gasteiger partial charge >= 0.3 is 6.09 Å². The molecule has 2 atom stereocenters. The van der Waals surface area contributed by atoms with Gasteiger partial charge in [0.1, 0.15) is 0 Å². The van der Waals surface area contributed by atoms with Crippen LogP contribution in [0.1, 0.15) is 40.0 Å². The highest BCUT2D eigenvalue weighted by Crippen LogP contribution is 2.35. The third kappa shape index (κ3) is 3.37. The van der Waals surface area contributed by atoms with Crippen LogP contribution >= 0.6 is 15.9 Å². The zero-order valence-corrected chi connectivity index (χ0v) is 12.0. The first-order chi connectivity index (χ1) is 7.36. The van der Waals surface area contributed by atoms with E-state index in [-0.39, 0.29) is 11.5 Å². The van der Waals surface area contributed by atoms with Crippen LogP contribution in [-0.2, 0) is 0 Å². The molecule has 0 bridgehead atoms. The Morgan fingerprint density at radius 2 is 2.12 bits per heavy atom. The van der Waals surface area contributed by atoms with Crippen LogP contribution in [0.4, 0.5) is 4.79 Å². The molecule has 1 heterocycles. The van der Waals surface area contributed by atoms with E-state index in [2.05, 4.69) is 36.7 Å². The molecule has 1 aliphatic rings. The van der Waals surface area contributed by atoms with Gasteiger partial charge in [0.25, 0.3) is 0 Å². The Hall–Kier alpha value is -0.250. The first-order valence-electron chi connectivity index (χ1n) is 5.91. The van der Waals surface area contributed by atoms with E-state index in [4.69, 9.17) is 0 Å². The van der Waals surface area contributed by atoms with Gasteiger partial charge in [0.05, 0.1) is 0 Å². The molecule has 1 saturated heterocycles. The molecule has 1 fully saturated rings. The highest BCUT2D eigenvalue weighted by atomic mass is 79.9. The number of carboxylic acid groups (broad SMARTS) is 1. The van der Waals surface area contributed by atoms with Crippen molar-refractivity contribution in [3.63, 3.8) is 0 Å². The molecule has 1 N–H and O–H groups in total. The van der Waals surface area contributed by atoms with Crippen molar-refractivity contribution in [2.24, 2.45) is 11.3 Å². The van der Waals surface area contributed by atoms with Crippen LogP contribution in [0.3, 0.4) is 0 Å². The average molecular weight is 292 g/mol. The molecule has 3 nitrogen and oxygen atoms in total. The van der Waals surface area contributed by atoms with Crippen molar-refractivity contribution in [2.75, 3.05) is 11.9 Å². The van der Waals surface area contributed by atoms with E-state index in [9.17, 15) is 9.90 Å². The lowest BCUT2D eigenvalue weighted by molar-refractivity contribution is 0.0402. The van der Waals surface area contributed by atoms with Gasteiger partial charge in [-0.15, -0.1) is 0 Å². The fourth-order valence-corrected chi connectivity index (χ4v) is 3.15. The number of carbonyl (C=O) groups is 1. The number of likely N-dealkylation sites (tertiary alicyclic amines) is 1. The van der Waals surface area contributed by atoms with Crippen LogP contribution in [0.5, 0.6) is 0 Å². The lowest BCUT2D eigenvalue weighted by Crippen LogP contribution is -2.51. The highest BCUT2D eigenvalue weighted by Gasteiger charge is 2.38. The van der Waals surface area contributed by atoms with Crippen LogP contribution < -0.4 is 0 Å². The summed E-state index contributed by atoms with van der Waals surface area (Å²) in [6.45, 7) is 7.08. The van der Waals surface area contributed by atoms with Gasteiger partial charge in [-0.25, -0.2) is 4.79 Å². The van der Waals surface area contributed by atoms with Crippen LogP contribution in [0.15, 0.2) is 0 Å². The quantitative estimate of drug-likeness (QED) is 0.790. The summed E-state index contributed by atoms with van der Waals surface area (Å²) < 4.78 is 0. The molecule has 0 spiro atoms. The molecule has 94 valence electrons. The monoisotopic (exact) mass is 291 g/mol. The topological polar surface area (TPSA) is 40.5 Å². The van der Waals surface area contributed by atoms with E-state index < -0.39 is 6.09 Å². The van der Waals surface area contributed by atoms with Gasteiger partial charge in [-0.05, 0) is 30.6 Å². The zero-order chi connectivity index (χ0) is 12.3. The van der Waals surface area contributed by atoms with Crippen LogP contribution in [-0.4, -0.2) is 34.0 Å². The normalized spacial score (nSPS) is 26.9. The highest BCUT2D eigenvalue weighted by molar-refractivity contribution is 9.09. The fourth-order valence-electron chi connectivity index (χ4n) is 2.50. The standard InChI is InChI=1S/C12H22BrNO2/c1-12(2,3)10-8-9(4-6-13)5-7-14(10)11(15)16/h9-10H,4-8H2,1-3H3,(H,15,16). The molecule has 1 aliphatic heterocycles. The number of rotatable bonds is 2. The summed E-state index contributed by atoms with van der Waals surface area (Å²) in [5, 5.41) is 10.2. The lowest BCUT2D eigenvalue weighted by Gasteiger charge is -2.44. The summed E-state index contributed by atoms with van der Waals surface area (Å²) in [4.78, 5) is 12.8. The Bertz CT molecular complexity index is 250. The fraction of sp³-hybridized carbons (Fsp3) is 0.917. The van der Waals surface area contributed by atoms with E-state index in [0.717, 1.165) is 24.6 Å². The zero-order valence-electron chi connectivity index (χ0n) is 10.4. The summed E-state index contributed by atoms with van der Waals surface area (Å²) in [6, 6.07) is 0.155. The van der Waals surface area contributed by atoms with Gasteiger partial charge in [0, 0.05) is 17.9 Å². The Morgan fingerprint density at radius 3 is 2.56 bits per heavy atom. The van der Waals surface area contributed by atoms with E-state index in [0.29, 0.717) is 12.5 Å². The largest absolute Gasteiger partial charge is 0.465 e. The van der Waals surface area contributed by atoms with Gasteiger partial charge in [-0.1, -0.05) is 36.7 Å². The maximum absolute atomic E-state index is 11.2. The molecule has 1 rings (SSSR count). The van der Waals surface area contributed by atoms with Crippen LogP contribution in [0, 0.1) is 11.3 Å². The lowest BCUT2D eigenvalue weighted by atomic mass is 9.76. The SMILES string of the molecule is CC(C)(C)C1CC(CCBr)CCN1C(=O)O. The Balaban J connectivity index is 2.74. The number of hydrogen-bond donors (Lipinski definition) is 1. The second-order valence-corrected chi connectivity index (χ2v) is 6.52. The third-order valence-corrected chi connectivity index (χ3v) is 3.93. The maximum Gasteiger partial charge on any atom is 0.407 e. The van der Waals surface area contributed by atoms with E-state index >= 15 is 0 Å². The van der Waals surface area contributed by atoms with Crippen LogP contribution in [0.2, 0.25) is 0 Å². The van der Waals surface area contributed by atoms with Crippen molar-refractivity contribution in [3.05, 3.63) is 0 Å². The first kappa shape index (κ1) is 13.8. The minimum atomic E-state index is -0.766. The van der Waals surface area contributed by atoms with Gasteiger partial charge in [0.2, 0.25) is 0 Å². The number of hydrogen-bond acceptors (Lipinski definition) is 1. The van der Waals surface area contributed by atoms with Gasteiger partial charge < -0.3 is 10.0 Å². The minimum absolute atomic E-state index is 0.0311. The molecule has 0 aromatic heterocycles. The third-order valence-electron chi connectivity index (χ3n) is 3.47. The smallest absolute Gasteiger partial charge is 0.407 e. The first-order valence-corrected chi connectivity index (χ1v) is 7.04. The number of piperidine rings is 1. The van der Waals surface area contributed by atoms with Gasteiger partial charge in [0.15, 0.2) is 0 Å². The predicted octanol–water partition coefficient (Wildman–Crippen LogP) is 3.58. The second kappa shape index (κ2) is 5.39. The molecule has 0 aliphatic carbocycles. The summed E-state index contributed by atoms with van der Waals surface area (Å²) in [7, 11) is 0. The molecular weight excluding hydrogens is 270 g/mol. The Kier molecular flexibility index (Phi) is 4.65.